The molecule has 7 nitrogen and oxygen atoms in total. The van der Waals surface area contributed by atoms with Crippen LogP contribution in [0.5, 0.6) is 11.5 Å². The number of nitrogens with one attached hydrogen (secondary N) is 1. The summed E-state index contributed by atoms with van der Waals surface area (Å²) in [5.74, 6) is 0.940. The Morgan fingerprint density at radius 1 is 1.10 bits per heavy atom. The zero-order valence-corrected chi connectivity index (χ0v) is 18.6. The van der Waals surface area contributed by atoms with Gasteiger partial charge in [-0.15, -0.1) is 0 Å². The Labute approximate surface area is 182 Å². The molecule has 1 heterocycles. The summed E-state index contributed by atoms with van der Waals surface area (Å²) < 4.78 is 12.5. The number of aromatic nitrogens is 2. The Kier molecular flexibility index (Phi) is 6.95. The van der Waals surface area contributed by atoms with Gasteiger partial charge >= 0.3 is 0 Å². The standard InChI is InChI=1S/C24H29N3O4/c1-6-13-31-20-12-11-17(14-21(20)30-5)16(4)25-23(28)22-18-9-7-8-10-19(18)24(29)27(26-22)15(2)3/h7-12,14-16H,6,13H2,1-5H3,(H,25,28). The highest BCUT2D eigenvalue weighted by Crippen LogP contribution is 2.30. The molecular formula is C24H29N3O4. The topological polar surface area (TPSA) is 82.5 Å². The number of ether oxygens (including phenoxy) is 2. The van der Waals surface area contributed by atoms with Crippen molar-refractivity contribution < 1.29 is 14.3 Å². The minimum atomic E-state index is -0.344. The summed E-state index contributed by atoms with van der Waals surface area (Å²) in [4.78, 5) is 25.9. The third kappa shape index (κ3) is 4.71. The number of carbonyl (C=O) groups is 1. The number of methoxy groups -OCH3 is 1. The van der Waals surface area contributed by atoms with Crippen LogP contribution in [0.3, 0.4) is 0 Å². The fourth-order valence-electron chi connectivity index (χ4n) is 3.36. The van der Waals surface area contributed by atoms with E-state index in [1.165, 1.54) is 4.68 Å². The van der Waals surface area contributed by atoms with E-state index in [-0.39, 0.29) is 29.2 Å². The molecule has 0 saturated heterocycles. The van der Waals surface area contributed by atoms with E-state index >= 15 is 0 Å². The average Bonchev–Trinajstić information content (AvgIpc) is 2.77. The molecule has 0 radical (unpaired) electrons. The van der Waals surface area contributed by atoms with Crippen LogP contribution >= 0.6 is 0 Å². The molecule has 1 aromatic heterocycles. The van der Waals surface area contributed by atoms with Gasteiger partial charge in [0, 0.05) is 5.39 Å². The summed E-state index contributed by atoms with van der Waals surface area (Å²) in [5, 5.41) is 8.38. The van der Waals surface area contributed by atoms with Gasteiger partial charge in [-0.1, -0.05) is 31.2 Å². The molecule has 31 heavy (non-hydrogen) atoms. The molecule has 164 valence electrons. The maximum atomic E-state index is 13.1. The molecular weight excluding hydrogens is 394 g/mol. The Morgan fingerprint density at radius 3 is 2.45 bits per heavy atom. The maximum Gasteiger partial charge on any atom is 0.274 e. The molecule has 0 saturated carbocycles. The van der Waals surface area contributed by atoms with Gasteiger partial charge in [-0.3, -0.25) is 9.59 Å². The zero-order valence-electron chi connectivity index (χ0n) is 18.6. The van der Waals surface area contributed by atoms with Crippen LogP contribution in [0.4, 0.5) is 0 Å². The molecule has 0 spiro atoms. The second-order valence-electron chi connectivity index (χ2n) is 7.69. The highest BCUT2D eigenvalue weighted by molar-refractivity contribution is 6.04. The number of carbonyl (C=O) groups excluding carboxylic acids is 1. The predicted molar refractivity (Wildman–Crippen MR) is 121 cm³/mol. The number of hydrogen-bond acceptors (Lipinski definition) is 5. The van der Waals surface area contributed by atoms with Crippen molar-refractivity contribution in [2.24, 2.45) is 0 Å². The third-order valence-corrected chi connectivity index (χ3v) is 5.03. The lowest BCUT2D eigenvalue weighted by molar-refractivity contribution is 0.0934. The third-order valence-electron chi connectivity index (χ3n) is 5.03. The summed E-state index contributed by atoms with van der Waals surface area (Å²) in [7, 11) is 1.59. The molecule has 1 unspecified atom stereocenters. The van der Waals surface area contributed by atoms with E-state index in [0.29, 0.717) is 28.9 Å². The van der Waals surface area contributed by atoms with Crippen molar-refractivity contribution >= 4 is 16.7 Å². The minimum absolute atomic E-state index is 0.166. The van der Waals surface area contributed by atoms with Crippen LogP contribution in [0.15, 0.2) is 47.3 Å². The lowest BCUT2D eigenvalue weighted by Crippen LogP contribution is -2.32. The first kappa shape index (κ1) is 22.3. The first-order valence-corrected chi connectivity index (χ1v) is 10.5. The summed E-state index contributed by atoms with van der Waals surface area (Å²) >= 11 is 0. The monoisotopic (exact) mass is 423 g/mol. The van der Waals surface area contributed by atoms with E-state index in [1.807, 2.05) is 45.9 Å². The summed E-state index contributed by atoms with van der Waals surface area (Å²) in [6.07, 6.45) is 0.900. The Bertz CT molecular complexity index is 1140. The zero-order chi connectivity index (χ0) is 22.5. The second-order valence-corrected chi connectivity index (χ2v) is 7.69. The van der Waals surface area contributed by atoms with Crippen LogP contribution in [0.1, 0.15) is 62.3 Å². The Morgan fingerprint density at radius 2 is 1.81 bits per heavy atom. The fourth-order valence-corrected chi connectivity index (χ4v) is 3.36. The van der Waals surface area contributed by atoms with Gasteiger partial charge in [0.15, 0.2) is 17.2 Å². The number of nitrogens with zero attached hydrogens (tertiary/aromatic N) is 2. The van der Waals surface area contributed by atoms with E-state index in [0.717, 1.165) is 12.0 Å². The average molecular weight is 424 g/mol. The molecule has 0 bridgehead atoms. The number of rotatable bonds is 8. The van der Waals surface area contributed by atoms with Gasteiger partial charge < -0.3 is 14.8 Å². The minimum Gasteiger partial charge on any atom is -0.493 e. The molecule has 2 aromatic carbocycles. The lowest BCUT2D eigenvalue weighted by Gasteiger charge is -2.18. The second kappa shape index (κ2) is 9.64. The normalized spacial score (nSPS) is 12.1. The van der Waals surface area contributed by atoms with E-state index in [1.54, 1.807) is 31.4 Å². The first-order chi connectivity index (χ1) is 14.9. The van der Waals surface area contributed by atoms with Crippen molar-refractivity contribution in [3.05, 3.63) is 64.1 Å². The molecule has 7 heteroatoms. The largest absolute Gasteiger partial charge is 0.493 e. The highest BCUT2D eigenvalue weighted by Gasteiger charge is 2.20. The van der Waals surface area contributed by atoms with E-state index < -0.39 is 0 Å². The van der Waals surface area contributed by atoms with Crippen LogP contribution in [-0.4, -0.2) is 29.4 Å². The van der Waals surface area contributed by atoms with Crippen LogP contribution in [0.2, 0.25) is 0 Å². The Hall–Kier alpha value is -3.35. The van der Waals surface area contributed by atoms with Gasteiger partial charge in [0.25, 0.3) is 11.5 Å². The number of amides is 1. The van der Waals surface area contributed by atoms with Crippen molar-refractivity contribution in [3.63, 3.8) is 0 Å². The van der Waals surface area contributed by atoms with Gasteiger partial charge in [-0.05, 0) is 51.0 Å². The van der Waals surface area contributed by atoms with Gasteiger partial charge in [0.2, 0.25) is 0 Å². The van der Waals surface area contributed by atoms with Crippen molar-refractivity contribution in [2.45, 2.75) is 46.2 Å². The molecule has 1 N–H and O–H groups in total. The molecule has 3 aromatic rings. The van der Waals surface area contributed by atoms with Crippen molar-refractivity contribution in [2.75, 3.05) is 13.7 Å². The molecule has 0 aliphatic carbocycles. The smallest absolute Gasteiger partial charge is 0.274 e. The Balaban J connectivity index is 1.92. The number of benzene rings is 2. The SMILES string of the molecule is CCCOc1ccc(C(C)NC(=O)c2nn(C(C)C)c(=O)c3ccccc23)cc1OC. The van der Waals surface area contributed by atoms with Crippen molar-refractivity contribution in [1.82, 2.24) is 15.1 Å². The molecule has 3 rings (SSSR count). The molecule has 1 amide bonds. The van der Waals surface area contributed by atoms with E-state index in [2.05, 4.69) is 10.4 Å². The number of hydrogen-bond donors (Lipinski definition) is 1. The predicted octanol–water partition coefficient (Wildman–Crippen LogP) is 4.27. The van der Waals surface area contributed by atoms with Crippen LogP contribution in [-0.2, 0) is 0 Å². The van der Waals surface area contributed by atoms with Crippen LogP contribution in [0.25, 0.3) is 10.8 Å². The van der Waals surface area contributed by atoms with Crippen molar-refractivity contribution in [3.8, 4) is 11.5 Å². The number of fused-ring (bicyclic) bond motifs is 1. The van der Waals surface area contributed by atoms with Crippen molar-refractivity contribution in [1.29, 1.82) is 0 Å². The summed E-state index contributed by atoms with van der Waals surface area (Å²) in [6.45, 7) is 8.26. The van der Waals surface area contributed by atoms with E-state index in [4.69, 9.17) is 9.47 Å². The maximum absolute atomic E-state index is 13.1. The van der Waals surface area contributed by atoms with Crippen LogP contribution in [0, 0.1) is 0 Å². The molecule has 0 fully saturated rings. The van der Waals surface area contributed by atoms with Gasteiger partial charge in [0.05, 0.1) is 31.2 Å². The highest BCUT2D eigenvalue weighted by atomic mass is 16.5. The molecule has 0 aliphatic heterocycles. The van der Waals surface area contributed by atoms with E-state index in [9.17, 15) is 9.59 Å². The van der Waals surface area contributed by atoms with Gasteiger partial charge in [-0.2, -0.15) is 5.10 Å². The first-order valence-electron chi connectivity index (χ1n) is 10.5. The lowest BCUT2D eigenvalue weighted by atomic mass is 10.1. The molecule has 0 aliphatic rings. The summed E-state index contributed by atoms with van der Waals surface area (Å²) in [5.41, 5.74) is 0.892. The van der Waals surface area contributed by atoms with Crippen LogP contribution < -0.4 is 20.3 Å². The molecule has 1 atom stereocenters. The fraction of sp³-hybridized carbons (Fsp3) is 0.375. The van der Waals surface area contributed by atoms with Gasteiger partial charge in [-0.25, -0.2) is 4.68 Å². The van der Waals surface area contributed by atoms with Gasteiger partial charge in [0.1, 0.15) is 0 Å². The summed E-state index contributed by atoms with van der Waals surface area (Å²) in [6, 6.07) is 12.2. The quantitative estimate of drug-likeness (QED) is 0.585.